The fourth-order valence-corrected chi connectivity index (χ4v) is 3.06. The van der Waals surface area contributed by atoms with E-state index in [-0.39, 0.29) is 4.90 Å². The zero-order valence-electron chi connectivity index (χ0n) is 11.2. The predicted octanol–water partition coefficient (Wildman–Crippen LogP) is 2.19. The molecule has 0 spiro atoms. The molecule has 7 heteroatoms. The van der Waals surface area contributed by atoms with Crippen LogP contribution in [-0.4, -0.2) is 45.3 Å². The van der Waals surface area contributed by atoms with Crippen LogP contribution in [0.4, 0.5) is 14.5 Å². The van der Waals surface area contributed by atoms with Gasteiger partial charge in [-0.25, -0.2) is 8.42 Å². The lowest BCUT2D eigenvalue weighted by Crippen LogP contribution is -2.31. The Morgan fingerprint density at radius 3 is 2.50 bits per heavy atom. The van der Waals surface area contributed by atoms with Crippen molar-refractivity contribution in [3.63, 3.8) is 0 Å². The minimum Gasteiger partial charge on any atom is -0.383 e. The smallest absolute Gasteiger partial charge is 0.341 e. The van der Waals surface area contributed by atoms with Gasteiger partial charge in [0.2, 0.25) is 9.84 Å². The Morgan fingerprint density at radius 1 is 1.35 bits per heavy atom. The molecule has 0 aliphatic carbocycles. The average molecular weight is 304 g/mol. The van der Waals surface area contributed by atoms with Crippen LogP contribution in [0.15, 0.2) is 29.2 Å². The first-order valence-electron chi connectivity index (χ1n) is 6.47. The lowest BCUT2D eigenvalue weighted by Gasteiger charge is -2.20. The van der Waals surface area contributed by atoms with Crippen LogP contribution < -0.4 is 5.32 Å². The van der Waals surface area contributed by atoms with Gasteiger partial charge in [-0.1, -0.05) is 0 Å². The van der Waals surface area contributed by atoms with Crippen molar-refractivity contribution in [3.8, 4) is 0 Å². The first kappa shape index (κ1) is 15.2. The molecule has 0 aromatic heterocycles. The first-order chi connectivity index (χ1) is 9.41. The summed E-state index contributed by atoms with van der Waals surface area (Å²) < 4.78 is 47.3. The largest absolute Gasteiger partial charge is 0.383 e. The van der Waals surface area contributed by atoms with Crippen LogP contribution in [0, 0.1) is 0 Å². The van der Waals surface area contributed by atoms with Gasteiger partial charge in [0.15, 0.2) is 0 Å². The first-order valence-corrected chi connectivity index (χ1v) is 8.02. The maximum absolute atomic E-state index is 12.4. The number of nitrogens with zero attached hydrogens (tertiary/aromatic N) is 1. The molecule has 0 amide bonds. The van der Waals surface area contributed by atoms with Gasteiger partial charge in [0.25, 0.3) is 0 Å². The second kappa shape index (κ2) is 6.05. The van der Waals surface area contributed by atoms with Crippen molar-refractivity contribution >= 4 is 15.5 Å². The van der Waals surface area contributed by atoms with Crippen LogP contribution in [0.25, 0.3) is 0 Å². The molecule has 1 aromatic rings. The number of rotatable bonds is 5. The second-order valence-electron chi connectivity index (χ2n) is 4.99. The molecule has 0 radical (unpaired) electrons. The highest BCUT2D eigenvalue weighted by atomic mass is 32.2. The molecule has 1 aliphatic heterocycles. The number of nitrogens with one attached hydrogen (secondary N) is 1. The van der Waals surface area contributed by atoms with E-state index < -0.39 is 15.6 Å². The summed E-state index contributed by atoms with van der Waals surface area (Å²) in [6.45, 7) is 1.84. The van der Waals surface area contributed by atoms with Crippen molar-refractivity contribution in [3.05, 3.63) is 24.3 Å². The Bertz CT molecular complexity index is 546. The maximum atomic E-state index is 12.4. The van der Waals surface area contributed by atoms with E-state index in [4.69, 9.17) is 0 Å². The van der Waals surface area contributed by atoms with Gasteiger partial charge in [0.1, 0.15) is 0 Å². The Balaban J connectivity index is 1.98. The highest BCUT2D eigenvalue weighted by molar-refractivity contribution is 7.91. The third kappa shape index (κ3) is 3.27. The quantitative estimate of drug-likeness (QED) is 0.906. The molecule has 1 N–H and O–H groups in total. The van der Waals surface area contributed by atoms with Crippen molar-refractivity contribution in [2.24, 2.45) is 0 Å². The summed E-state index contributed by atoms with van der Waals surface area (Å²) in [7, 11) is -2.44. The van der Waals surface area contributed by atoms with Gasteiger partial charge in [-0.2, -0.15) is 8.78 Å². The van der Waals surface area contributed by atoms with Gasteiger partial charge in [0, 0.05) is 18.3 Å². The minimum atomic E-state index is -4.50. The molecule has 0 saturated carbocycles. The Kier molecular flexibility index (Phi) is 4.59. The predicted molar refractivity (Wildman–Crippen MR) is 73.8 cm³/mol. The average Bonchev–Trinajstić information content (AvgIpc) is 2.82. The molecule has 2 rings (SSSR count). The number of likely N-dealkylation sites (tertiary alicyclic amines) is 1. The van der Waals surface area contributed by atoms with Crippen molar-refractivity contribution in [2.45, 2.75) is 29.5 Å². The Morgan fingerprint density at radius 2 is 2.00 bits per heavy atom. The number of halogens is 2. The highest BCUT2D eigenvalue weighted by Gasteiger charge is 2.26. The Hall–Kier alpha value is -1.21. The monoisotopic (exact) mass is 304 g/mol. The third-order valence-electron chi connectivity index (χ3n) is 3.63. The Labute approximate surface area is 117 Å². The van der Waals surface area contributed by atoms with Gasteiger partial charge >= 0.3 is 5.76 Å². The van der Waals surface area contributed by atoms with Crippen LogP contribution in [-0.2, 0) is 9.84 Å². The van der Waals surface area contributed by atoms with Crippen LogP contribution in [0.1, 0.15) is 12.8 Å². The fraction of sp³-hybridized carbons (Fsp3) is 0.538. The van der Waals surface area contributed by atoms with Gasteiger partial charge in [-0.05, 0) is 50.7 Å². The van der Waals surface area contributed by atoms with Crippen LogP contribution in [0.2, 0.25) is 0 Å². The van der Waals surface area contributed by atoms with E-state index in [0.29, 0.717) is 6.04 Å². The van der Waals surface area contributed by atoms with Gasteiger partial charge in [0.05, 0.1) is 4.90 Å². The van der Waals surface area contributed by atoms with Crippen LogP contribution >= 0.6 is 0 Å². The molecule has 20 heavy (non-hydrogen) atoms. The van der Waals surface area contributed by atoms with Gasteiger partial charge < -0.3 is 10.2 Å². The molecule has 1 atom stereocenters. The molecule has 112 valence electrons. The molecule has 4 nitrogen and oxygen atoms in total. The van der Waals surface area contributed by atoms with Gasteiger partial charge in [-0.15, -0.1) is 0 Å². The molecule has 1 aromatic carbocycles. The number of anilines is 1. The number of benzene rings is 1. The lowest BCUT2D eigenvalue weighted by atomic mass is 10.2. The van der Waals surface area contributed by atoms with E-state index >= 15 is 0 Å². The van der Waals surface area contributed by atoms with E-state index in [0.717, 1.165) is 25.2 Å². The van der Waals surface area contributed by atoms with Crippen molar-refractivity contribution in [1.29, 1.82) is 0 Å². The summed E-state index contributed by atoms with van der Waals surface area (Å²) in [5.41, 5.74) is 0.735. The maximum Gasteiger partial charge on any atom is 0.341 e. The number of hydrogen-bond donors (Lipinski definition) is 1. The van der Waals surface area contributed by atoms with E-state index in [1.165, 1.54) is 30.7 Å². The SMILES string of the molecule is CN1CCCC1CNc1ccc(S(=O)(=O)C(F)F)cc1. The molecule has 1 fully saturated rings. The van der Waals surface area contributed by atoms with E-state index in [2.05, 4.69) is 17.3 Å². The summed E-state index contributed by atoms with van der Waals surface area (Å²) in [5, 5.41) is 3.20. The van der Waals surface area contributed by atoms with Crippen LogP contribution in [0.5, 0.6) is 0 Å². The molecule has 1 saturated heterocycles. The zero-order chi connectivity index (χ0) is 14.8. The molecular weight excluding hydrogens is 286 g/mol. The topological polar surface area (TPSA) is 49.4 Å². The zero-order valence-corrected chi connectivity index (χ0v) is 12.0. The number of alkyl halides is 2. The lowest BCUT2D eigenvalue weighted by molar-refractivity contribution is 0.234. The van der Waals surface area contributed by atoms with E-state index in [1.807, 2.05) is 0 Å². The molecule has 0 bridgehead atoms. The summed E-state index contributed by atoms with van der Waals surface area (Å²) in [6, 6.07) is 5.91. The van der Waals surface area contributed by atoms with Gasteiger partial charge in [-0.3, -0.25) is 0 Å². The number of sulfone groups is 1. The minimum absolute atomic E-state index is 0.351. The summed E-state index contributed by atoms with van der Waals surface area (Å²) >= 11 is 0. The third-order valence-corrected chi connectivity index (χ3v) is 5.03. The molecule has 1 heterocycles. The molecule has 1 unspecified atom stereocenters. The summed E-state index contributed by atoms with van der Waals surface area (Å²) in [6.07, 6.45) is 2.30. The van der Waals surface area contributed by atoms with Crippen molar-refractivity contribution in [1.82, 2.24) is 4.90 Å². The second-order valence-corrected chi connectivity index (χ2v) is 6.91. The fourth-order valence-electron chi connectivity index (χ4n) is 2.34. The summed E-state index contributed by atoms with van der Waals surface area (Å²) in [5.74, 6) is -3.38. The molecular formula is C13H18F2N2O2S. The van der Waals surface area contributed by atoms with E-state index in [1.54, 1.807) is 0 Å². The standard InChI is InChI=1S/C13H18F2N2O2S/c1-17-8-2-3-11(17)9-16-10-4-6-12(7-5-10)20(18,19)13(14)15/h4-7,11,13,16H,2-3,8-9H2,1H3. The highest BCUT2D eigenvalue weighted by Crippen LogP contribution is 2.21. The number of hydrogen-bond acceptors (Lipinski definition) is 4. The van der Waals surface area contributed by atoms with E-state index in [9.17, 15) is 17.2 Å². The van der Waals surface area contributed by atoms with Crippen molar-refractivity contribution < 1.29 is 17.2 Å². The number of likely N-dealkylation sites (N-methyl/N-ethyl adjacent to an activating group) is 1. The molecule has 1 aliphatic rings. The normalized spacial score (nSPS) is 20.5. The van der Waals surface area contributed by atoms with Crippen molar-refractivity contribution in [2.75, 3.05) is 25.5 Å². The van der Waals surface area contributed by atoms with Crippen LogP contribution in [0.3, 0.4) is 0 Å². The summed E-state index contributed by atoms with van der Waals surface area (Å²) in [4.78, 5) is 1.92.